The predicted octanol–water partition coefficient (Wildman–Crippen LogP) is 1.33. The van der Waals surface area contributed by atoms with E-state index in [1.165, 1.54) is 5.56 Å². The first-order valence-corrected chi connectivity index (χ1v) is 4.89. The van der Waals surface area contributed by atoms with Crippen molar-refractivity contribution in [3.8, 4) is 0 Å². The van der Waals surface area contributed by atoms with Crippen molar-refractivity contribution in [3.05, 3.63) is 30.1 Å². The molecule has 0 fully saturated rings. The van der Waals surface area contributed by atoms with Crippen molar-refractivity contribution in [1.29, 1.82) is 0 Å². The van der Waals surface area contributed by atoms with Crippen LogP contribution in [0.15, 0.2) is 24.5 Å². The number of pyridine rings is 1. The molecule has 0 saturated heterocycles. The van der Waals surface area contributed by atoms with Crippen molar-refractivity contribution in [1.82, 2.24) is 10.3 Å². The minimum atomic E-state index is -0.0159. The third-order valence-electron chi connectivity index (χ3n) is 2.26. The quantitative estimate of drug-likeness (QED) is 0.743. The molecular formula is C11H18N2O. The summed E-state index contributed by atoms with van der Waals surface area (Å²) in [6.45, 7) is 5.21. The van der Waals surface area contributed by atoms with Gasteiger partial charge in [-0.15, -0.1) is 0 Å². The Morgan fingerprint density at radius 2 is 2.00 bits per heavy atom. The molecule has 0 unspecified atom stereocenters. The van der Waals surface area contributed by atoms with E-state index >= 15 is 0 Å². The van der Waals surface area contributed by atoms with Crippen molar-refractivity contribution >= 4 is 0 Å². The van der Waals surface area contributed by atoms with Gasteiger partial charge in [-0.05, 0) is 38.0 Å². The van der Waals surface area contributed by atoms with Crippen LogP contribution in [0.25, 0.3) is 0 Å². The molecule has 0 aliphatic carbocycles. The van der Waals surface area contributed by atoms with E-state index in [2.05, 4.69) is 24.1 Å². The number of hydrogen-bond donors (Lipinski definition) is 2. The zero-order valence-electron chi connectivity index (χ0n) is 8.83. The standard InChI is InChI=1S/C11H18N2O/c1-11(2,5-8-14)13-9-10-3-6-12-7-4-10/h3-4,6-7,13-14H,5,8-9H2,1-2H3. The van der Waals surface area contributed by atoms with Crippen LogP contribution in [0.2, 0.25) is 0 Å². The van der Waals surface area contributed by atoms with Crippen molar-refractivity contribution in [3.63, 3.8) is 0 Å². The topological polar surface area (TPSA) is 45.1 Å². The number of nitrogens with one attached hydrogen (secondary N) is 1. The van der Waals surface area contributed by atoms with Gasteiger partial charge in [0.1, 0.15) is 0 Å². The monoisotopic (exact) mass is 194 g/mol. The van der Waals surface area contributed by atoms with Crippen molar-refractivity contribution in [2.75, 3.05) is 6.61 Å². The Labute approximate surface area is 85.2 Å². The van der Waals surface area contributed by atoms with E-state index in [-0.39, 0.29) is 12.1 Å². The van der Waals surface area contributed by atoms with E-state index in [1.54, 1.807) is 12.4 Å². The fourth-order valence-electron chi connectivity index (χ4n) is 1.21. The Kier molecular flexibility index (Phi) is 4.04. The lowest BCUT2D eigenvalue weighted by atomic mass is 10.0. The second-order valence-electron chi connectivity index (χ2n) is 4.07. The molecule has 0 amide bonds. The smallest absolute Gasteiger partial charge is 0.0448 e. The maximum absolute atomic E-state index is 8.85. The predicted molar refractivity (Wildman–Crippen MR) is 56.9 cm³/mol. The molecule has 1 aromatic rings. The average molecular weight is 194 g/mol. The number of aliphatic hydroxyl groups is 1. The van der Waals surface area contributed by atoms with Crippen molar-refractivity contribution in [2.45, 2.75) is 32.4 Å². The molecule has 0 aliphatic rings. The van der Waals surface area contributed by atoms with Crippen molar-refractivity contribution < 1.29 is 5.11 Å². The Morgan fingerprint density at radius 3 is 2.57 bits per heavy atom. The summed E-state index contributed by atoms with van der Waals surface area (Å²) in [7, 11) is 0. The molecule has 0 aromatic carbocycles. The number of rotatable bonds is 5. The molecule has 0 atom stereocenters. The number of nitrogens with zero attached hydrogens (tertiary/aromatic N) is 1. The zero-order chi connectivity index (χ0) is 10.4. The molecule has 0 bridgehead atoms. The molecule has 14 heavy (non-hydrogen) atoms. The Hall–Kier alpha value is -0.930. The van der Waals surface area contributed by atoms with Crippen LogP contribution < -0.4 is 5.32 Å². The molecule has 0 aliphatic heterocycles. The summed E-state index contributed by atoms with van der Waals surface area (Å²) in [5, 5.41) is 12.2. The van der Waals surface area contributed by atoms with Gasteiger partial charge in [0.25, 0.3) is 0 Å². The lowest BCUT2D eigenvalue weighted by Gasteiger charge is -2.25. The highest BCUT2D eigenvalue weighted by atomic mass is 16.3. The van der Waals surface area contributed by atoms with Crippen molar-refractivity contribution in [2.24, 2.45) is 0 Å². The molecular weight excluding hydrogens is 176 g/mol. The maximum atomic E-state index is 8.85. The van der Waals surface area contributed by atoms with E-state index in [0.29, 0.717) is 0 Å². The lowest BCUT2D eigenvalue weighted by molar-refractivity contribution is 0.230. The molecule has 78 valence electrons. The van der Waals surface area contributed by atoms with Gasteiger partial charge in [-0.25, -0.2) is 0 Å². The van der Waals surface area contributed by atoms with Crippen LogP contribution in [-0.4, -0.2) is 22.2 Å². The van der Waals surface area contributed by atoms with E-state index in [1.807, 2.05) is 12.1 Å². The van der Waals surface area contributed by atoms with Crippen LogP contribution in [-0.2, 0) is 6.54 Å². The van der Waals surface area contributed by atoms with Crippen LogP contribution in [0.5, 0.6) is 0 Å². The number of hydrogen-bond acceptors (Lipinski definition) is 3. The Morgan fingerprint density at radius 1 is 1.36 bits per heavy atom. The fourth-order valence-corrected chi connectivity index (χ4v) is 1.21. The average Bonchev–Trinajstić information content (AvgIpc) is 2.17. The summed E-state index contributed by atoms with van der Waals surface area (Å²) in [6.07, 6.45) is 4.34. The number of aromatic nitrogens is 1. The molecule has 1 heterocycles. The first-order valence-electron chi connectivity index (χ1n) is 4.89. The van der Waals surface area contributed by atoms with Crippen LogP contribution in [0, 0.1) is 0 Å². The van der Waals surface area contributed by atoms with Gasteiger partial charge in [-0.2, -0.15) is 0 Å². The highest BCUT2D eigenvalue weighted by Crippen LogP contribution is 2.08. The summed E-state index contributed by atoms with van der Waals surface area (Å²) in [4.78, 5) is 3.96. The molecule has 2 N–H and O–H groups in total. The minimum absolute atomic E-state index is 0.0159. The van der Waals surface area contributed by atoms with Gasteiger partial charge < -0.3 is 10.4 Å². The van der Waals surface area contributed by atoms with Gasteiger partial charge in [0.2, 0.25) is 0 Å². The highest BCUT2D eigenvalue weighted by Gasteiger charge is 2.15. The summed E-state index contributed by atoms with van der Waals surface area (Å²) in [5.41, 5.74) is 1.20. The van der Waals surface area contributed by atoms with Gasteiger partial charge in [0.05, 0.1) is 0 Å². The third kappa shape index (κ3) is 3.85. The van der Waals surface area contributed by atoms with Gasteiger partial charge in [-0.1, -0.05) is 0 Å². The SMILES string of the molecule is CC(C)(CCO)NCc1ccncc1. The second-order valence-corrected chi connectivity index (χ2v) is 4.07. The van der Waals surface area contributed by atoms with E-state index < -0.39 is 0 Å². The summed E-state index contributed by atoms with van der Waals surface area (Å²) in [5.74, 6) is 0. The molecule has 1 aromatic heterocycles. The van der Waals surface area contributed by atoms with Crippen LogP contribution in [0.1, 0.15) is 25.8 Å². The van der Waals surface area contributed by atoms with Gasteiger partial charge in [0.15, 0.2) is 0 Å². The summed E-state index contributed by atoms with van der Waals surface area (Å²) >= 11 is 0. The second kappa shape index (κ2) is 5.08. The molecule has 3 heteroatoms. The minimum Gasteiger partial charge on any atom is -0.396 e. The van der Waals surface area contributed by atoms with E-state index in [4.69, 9.17) is 5.11 Å². The highest BCUT2D eigenvalue weighted by molar-refractivity contribution is 5.09. The van der Waals surface area contributed by atoms with Crippen LogP contribution in [0.4, 0.5) is 0 Å². The molecule has 0 radical (unpaired) electrons. The van der Waals surface area contributed by atoms with Gasteiger partial charge >= 0.3 is 0 Å². The summed E-state index contributed by atoms with van der Waals surface area (Å²) < 4.78 is 0. The number of aliphatic hydroxyl groups excluding tert-OH is 1. The van der Waals surface area contributed by atoms with Gasteiger partial charge in [-0.3, -0.25) is 4.98 Å². The molecule has 3 nitrogen and oxygen atoms in total. The van der Waals surface area contributed by atoms with Gasteiger partial charge in [0, 0.05) is 31.1 Å². The lowest BCUT2D eigenvalue weighted by Crippen LogP contribution is -2.39. The van der Waals surface area contributed by atoms with Crippen LogP contribution in [0.3, 0.4) is 0 Å². The first-order chi connectivity index (χ1) is 6.64. The molecule has 0 saturated carbocycles. The molecule has 0 spiro atoms. The first kappa shape index (κ1) is 11.1. The zero-order valence-corrected chi connectivity index (χ0v) is 8.83. The third-order valence-corrected chi connectivity index (χ3v) is 2.26. The van der Waals surface area contributed by atoms with E-state index in [9.17, 15) is 0 Å². The largest absolute Gasteiger partial charge is 0.396 e. The Bertz CT molecular complexity index is 259. The Balaban J connectivity index is 2.40. The van der Waals surface area contributed by atoms with E-state index in [0.717, 1.165) is 13.0 Å². The fraction of sp³-hybridized carbons (Fsp3) is 0.545. The normalized spacial score (nSPS) is 11.6. The molecule has 1 rings (SSSR count). The van der Waals surface area contributed by atoms with Crippen LogP contribution >= 0.6 is 0 Å². The summed E-state index contributed by atoms with van der Waals surface area (Å²) in [6, 6.07) is 3.98. The maximum Gasteiger partial charge on any atom is 0.0448 e.